The van der Waals surface area contributed by atoms with Crippen molar-refractivity contribution in [2.75, 3.05) is 0 Å². The second-order valence-corrected chi connectivity index (χ2v) is 7.69. The summed E-state index contributed by atoms with van der Waals surface area (Å²) >= 11 is 3.39. The van der Waals surface area contributed by atoms with Gasteiger partial charge in [-0.25, -0.2) is 11.9 Å². The van der Waals surface area contributed by atoms with Crippen molar-refractivity contribution in [1.29, 1.82) is 0 Å². The van der Waals surface area contributed by atoms with E-state index in [1.54, 1.807) is 91.0 Å². The van der Waals surface area contributed by atoms with Crippen molar-refractivity contribution in [2.45, 2.75) is 43.8 Å². The molecule has 0 aliphatic carbocycles. The van der Waals surface area contributed by atoms with Crippen LogP contribution < -0.4 is 34.2 Å². The number of rotatable bonds is 13. The minimum atomic E-state index is -3.09. The average molecular weight is 543 g/mol. The number of aliphatic hydroxyl groups is 4. The van der Waals surface area contributed by atoms with Crippen LogP contribution in [0.5, 0.6) is 0 Å². The van der Waals surface area contributed by atoms with Gasteiger partial charge in [0.25, 0.3) is 11.6 Å². The topological polar surface area (TPSA) is 149 Å². The van der Waals surface area contributed by atoms with E-state index in [-0.39, 0.29) is 55.7 Å². The van der Waals surface area contributed by atoms with Crippen LogP contribution in [0.4, 0.5) is 0 Å². The van der Waals surface area contributed by atoms with Crippen LogP contribution in [-0.2, 0) is 38.8 Å². The molecule has 3 aromatic carbocycles. The molecule has 194 valence electrons. The van der Waals surface area contributed by atoms with Crippen LogP contribution in [0.1, 0.15) is 16.7 Å². The summed E-state index contributed by atoms with van der Waals surface area (Å²) in [6, 6.07) is 26.0. The average Bonchev–Trinajstić information content (AvgIpc) is 2.95. The molecule has 0 radical (unpaired) electrons. The van der Waals surface area contributed by atoms with E-state index in [0.717, 1.165) is 0 Å². The first-order valence-electron chi connectivity index (χ1n) is 10.8. The Hall–Kier alpha value is -1.70. The predicted molar refractivity (Wildman–Crippen MR) is 128 cm³/mol. The molecule has 0 aromatic heterocycles. The Morgan fingerprint density at radius 2 is 1.11 bits per heavy atom. The van der Waals surface area contributed by atoms with Crippen LogP contribution in [0, 0.1) is 0 Å². The summed E-state index contributed by atoms with van der Waals surface area (Å²) in [6.07, 6.45) is -4.41. The second-order valence-electron chi connectivity index (χ2n) is 7.69. The molecule has 0 bridgehead atoms. The third-order valence-electron chi connectivity index (χ3n) is 5.21. The Kier molecular flexibility index (Phi) is 15.3. The molecule has 0 amide bonds. The summed E-state index contributed by atoms with van der Waals surface area (Å²) in [5.41, 5.74) is 1.85. The first-order chi connectivity index (χ1) is 17.4. The van der Waals surface area contributed by atoms with Gasteiger partial charge in [-0.3, -0.25) is 4.79 Å². The molecule has 11 heteroatoms. The van der Waals surface area contributed by atoms with Crippen LogP contribution >= 0.6 is 11.9 Å². The molecule has 37 heavy (non-hydrogen) atoms. The Morgan fingerprint density at radius 1 is 0.730 bits per heavy atom. The van der Waals surface area contributed by atoms with Gasteiger partial charge < -0.3 is 39.3 Å². The molecule has 0 aliphatic rings. The molecule has 0 heterocycles. The SMILES string of the molecule is O=C[C@@](O)(OCc1ccccc1)[C@@](O)(OCc1ccccc1)[C@H](O)C(O)OCc1ccccc1.[Na+].[O-]Cl. The molecule has 1 unspecified atom stereocenters. The van der Waals surface area contributed by atoms with Gasteiger partial charge in [0, 0.05) is 0 Å². The summed E-state index contributed by atoms with van der Waals surface area (Å²) in [4.78, 5) is 12.0. The van der Waals surface area contributed by atoms with E-state index in [4.69, 9.17) is 18.9 Å². The number of carbonyl (C=O) groups excluding carboxylic acids is 1. The third kappa shape index (κ3) is 9.52. The molecule has 3 rings (SSSR count). The maximum atomic E-state index is 12.0. The smallest absolute Gasteiger partial charge is 0.769 e. The normalized spacial score (nSPS) is 15.5. The zero-order chi connectivity index (χ0) is 26.4. The maximum Gasteiger partial charge on any atom is 1.00 e. The number of hydrogen-bond donors (Lipinski definition) is 4. The van der Waals surface area contributed by atoms with E-state index in [1.165, 1.54) is 0 Å². The monoisotopic (exact) mass is 542 g/mol. The molecular formula is C26H28ClNaO9. The quantitative estimate of drug-likeness (QED) is 0.114. The number of benzene rings is 3. The Balaban J connectivity index is 0.00000223. The number of ether oxygens (including phenoxy) is 3. The van der Waals surface area contributed by atoms with Gasteiger partial charge in [0.2, 0.25) is 0 Å². The van der Waals surface area contributed by atoms with Crippen LogP contribution in [-0.4, -0.2) is 50.7 Å². The van der Waals surface area contributed by atoms with Crippen molar-refractivity contribution >= 4 is 18.2 Å². The van der Waals surface area contributed by atoms with Gasteiger partial charge in [-0.15, -0.1) is 0 Å². The molecule has 0 spiro atoms. The van der Waals surface area contributed by atoms with Crippen LogP contribution in [0.25, 0.3) is 0 Å². The van der Waals surface area contributed by atoms with Gasteiger partial charge in [0.1, 0.15) is 0 Å². The van der Waals surface area contributed by atoms with Crippen LogP contribution in [0.3, 0.4) is 0 Å². The summed E-state index contributed by atoms with van der Waals surface area (Å²) in [7, 11) is 0. The van der Waals surface area contributed by atoms with Crippen molar-refractivity contribution in [3.05, 3.63) is 108 Å². The van der Waals surface area contributed by atoms with E-state index in [9.17, 15) is 25.2 Å². The van der Waals surface area contributed by atoms with Crippen LogP contribution in [0.2, 0.25) is 0 Å². The standard InChI is InChI=1S/C26H28O8.ClO.Na/c27-19-25(30,33-17-21-12-6-2-7-13-21)26(31,34-18-22-14-8-3-9-15-22)23(28)24(29)32-16-20-10-4-1-5-11-20;1-2;/h1-15,19,23-24,28-31H,16-18H2;;/q;-1;+1/t23-,24?,25-,26+;;/m1../s1. The Morgan fingerprint density at radius 3 is 1.51 bits per heavy atom. The van der Waals surface area contributed by atoms with E-state index >= 15 is 0 Å². The second kappa shape index (κ2) is 17.0. The molecule has 0 saturated carbocycles. The fourth-order valence-electron chi connectivity index (χ4n) is 3.20. The van der Waals surface area contributed by atoms with Gasteiger partial charge in [-0.1, -0.05) is 91.0 Å². The maximum absolute atomic E-state index is 12.0. The van der Waals surface area contributed by atoms with E-state index in [0.29, 0.717) is 16.7 Å². The molecule has 3 aromatic rings. The van der Waals surface area contributed by atoms with E-state index in [2.05, 4.69) is 11.9 Å². The zero-order valence-corrected chi connectivity index (χ0v) is 23.0. The summed E-state index contributed by atoms with van der Waals surface area (Å²) in [5, 5.41) is 43.5. The zero-order valence-electron chi connectivity index (χ0n) is 20.2. The predicted octanol–water partition coefficient (Wildman–Crippen LogP) is -1.60. The van der Waals surface area contributed by atoms with Gasteiger partial charge in [-0.2, -0.15) is 0 Å². The molecule has 0 aliphatic heterocycles. The summed E-state index contributed by atoms with van der Waals surface area (Å²) in [5.74, 6) is -6.14. The minimum absolute atomic E-state index is 0. The third-order valence-corrected chi connectivity index (χ3v) is 5.21. The molecule has 4 atom stereocenters. The van der Waals surface area contributed by atoms with Crippen molar-refractivity contribution in [3.63, 3.8) is 0 Å². The molecule has 0 fully saturated rings. The van der Waals surface area contributed by atoms with Crippen molar-refractivity contribution < 1.29 is 73.6 Å². The van der Waals surface area contributed by atoms with Crippen molar-refractivity contribution in [1.82, 2.24) is 0 Å². The van der Waals surface area contributed by atoms with E-state index in [1.807, 2.05) is 0 Å². The fraction of sp³-hybridized carbons (Fsp3) is 0.269. The summed E-state index contributed by atoms with van der Waals surface area (Å²) < 4.78 is 23.8. The number of aliphatic hydroxyl groups excluding tert-OH is 2. The number of carbonyl (C=O) groups is 1. The minimum Gasteiger partial charge on any atom is -0.769 e. The first kappa shape index (κ1) is 33.3. The molecular weight excluding hydrogens is 515 g/mol. The van der Waals surface area contributed by atoms with Crippen LogP contribution in [0.15, 0.2) is 91.0 Å². The van der Waals surface area contributed by atoms with Gasteiger partial charge >= 0.3 is 29.6 Å². The number of aldehydes is 1. The van der Waals surface area contributed by atoms with E-state index < -0.39 is 24.0 Å². The Labute approximate surface area is 242 Å². The molecule has 4 N–H and O–H groups in total. The Bertz CT molecular complexity index is 1020. The molecule has 9 nitrogen and oxygen atoms in total. The largest absolute Gasteiger partial charge is 1.00 e. The van der Waals surface area contributed by atoms with Crippen molar-refractivity contribution in [3.8, 4) is 0 Å². The first-order valence-corrected chi connectivity index (χ1v) is 11.1. The fourth-order valence-corrected chi connectivity index (χ4v) is 3.20. The van der Waals surface area contributed by atoms with Gasteiger partial charge in [0.15, 0.2) is 18.7 Å². The van der Waals surface area contributed by atoms with Gasteiger partial charge in [-0.05, 0) is 16.7 Å². The number of halogens is 1. The number of hydrogen-bond acceptors (Lipinski definition) is 9. The van der Waals surface area contributed by atoms with Crippen molar-refractivity contribution in [2.24, 2.45) is 0 Å². The summed E-state index contributed by atoms with van der Waals surface area (Å²) in [6.45, 7) is -0.719. The molecule has 0 saturated heterocycles. The van der Waals surface area contributed by atoms with Gasteiger partial charge in [0.05, 0.1) is 19.8 Å².